The monoisotopic (exact) mass is 559 g/mol. The van der Waals surface area contributed by atoms with E-state index in [4.69, 9.17) is 16.0 Å². The van der Waals surface area contributed by atoms with Gasteiger partial charge in [0.25, 0.3) is 0 Å². The molecule has 2 heterocycles. The van der Waals surface area contributed by atoms with Gasteiger partial charge in [0.15, 0.2) is 0 Å². The smallest absolute Gasteiger partial charge is 0.137 e. The third kappa shape index (κ3) is 3.22. The minimum absolute atomic E-state index is 0.0368. The Balaban J connectivity index is 1.24. The summed E-state index contributed by atoms with van der Waals surface area (Å²) < 4.78 is 8.57. The number of furan rings is 1. The van der Waals surface area contributed by atoms with Crippen molar-refractivity contribution in [2.75, 3.05) is 0 Å². The highest BCUT2D eigenvalue weighted by Gasteiger charge is 2.35. The van der Waals surface area contributed by atoms with E-state index in [1.807, 2.05) is 18.2 Å². The van der Waals surface area contributed by atoms with Crippen molar-refractivity contribution in [1.29, 1.82) is 0 Å². The average molecular weight is 560 g/mol. The summed E-state index contributed by atoms with van der Waals surface area (Å²) >= 11 is 6.57. The molecule has 42 heavy (non-hydrogen) atoms. The summed E-state index contributed by atoms with van der Waals surface area (Å²) in [7, 11) is 0. The zero-order valence-corrected chi connectivity index (χ0v) is 24.0. The molecule has 200 valence electrons. The van der Waals surface area contributed by atoms with Gasteiger partial charge < -0.3 is 8.98 Å². The second-order valence-corrected chi connectivity index (χ2v) is 12.4. The van der Waals surface area contributed by atoms with Crippen molar-refractivity contribution in [3.8, 4) is 27.9 Å². The molecule has 6 aromatic carbocycles. The molecule has 0 radical (unpaired) electrons. The van der Waals surface area contributed by atoms with Gasteiger partial charge in [-0.1, -0.05) is 86.1 Å². The predicted octanol–water partition coefficient (Wildman–Crippen LogP) is 11.3. The quantitative estimate of drug-likeness (QED) is 0.206. The molecule has 9 rings (SSSR count). The first kappa shape index (κ1) is 23.9. The van der Waals surface area contributed by atoms with Crippen LogP contribution in [0, 0.1) is 0 Å². The van der Waals surface area contributed by atoms with E-state index >= 15 is 0 Å². The summed E-state index contributed by atoms with van der Waals surface area (Å²) in [5.41, 5.74) is 13.0. The lowest BCUT2D eigenvalue weighted by atomic mass is 9.81. The number of para-hydroxylation sites is 1. The minimum atomic E-state index is -0.0368. The molecule has 0 N–H and O–H groups in total. The van der Waals surface area contributed by atoms with Crippen molar-refractivity contribution >= 4 is 55.3 Å². The van der Waals surface area contributed by atoms with Crippen molar-refractivity contribution in [2.24, 2.45) is 0 Å². The molecule has 2 nitrogen and oxygen atoms in total. The Labute approximate surface area is 248 Å². The summed E-state index contributed by atoms with van der Waals surface area (Å²) in [5, 5.41) is 5.31. The zero-order valence-electron chi connectivity index (χ0n) is 23.3. The van der Waals surface area contributed by atoms with Crippen LogP contribution < -0.4 is 0 Å². The van der Waals surface area contributed by atoms with E-state index in [1.54, 1.807) is 0 Å². The fourth-order valence-electron chi connectivity index (χ4n) is 7.19. The van der Waals surface area contributed by atoms with Crippen molar-refractivity contribution in [2.45, 2.75) is 19.3 Å². The molecule has 0 saturated carbocycles. The molecule has 3 heteroatoms. The Bertz CT molecular complexity index is 2400. The number of aromatic nitrogens is 1. The molecule has 0 saturated heterocycles. The number of rotatable bonds is 2. The van der Waals surface area contributed by atoms with E-state index in [0.29, 0.717) is 0 Å². The number of hydrogen-bond acceptors (Lipinski definition) is 1. The molecule has 0 atom stereocenters. The number of hydrogen-bond donors (Lipinski definition) is 0. The molecule has 2 aromatic heterocycles. The van der Waals surface area contributed by atoms with E-state index in [-0.39, 0.29) is 5.41 Å². The second-order valence-electron chi connectivity index (χ2n) is 11.9. The number of nitrogens with zero attached hydrogens (tertiary/aromatic N) is 1. The molecule has 0 unspecified atom stereocenters. The zero-order chi connectivity index (χ0) is 28.2. The molecule has 1 aliphatic carbocycles. The maximum Gasteiger partial charge on any atom is 0.137 e. The Kier molecular flexibility index (Phi) is 4.76. The van der Waals surface area contributed by atoms with Gasteiger partial charge in [-0.15, -0.1) is 0 Å². The lowest BCUT2D eigenvalue weighted by Crippen LogP contribution is -2.14. The summed E-state index contributed by atoms with van der Waals surface area (Å²) in [5.74, 6) is 0. The maximum absolute atomic E-state index is 6.57. The molecule has 1 aliphatic rings. The van der Waals surface area contributed by atoms with Crippen LogP contribution in [0.1, 0.15) is 25.0 Å². The molecule has 0 amide bonds. The summed E-state index contributed by atoms with van der Waals surface area (Å²) in [6, 6.07) is 43.4. The summed E-state index contributed by atoms with van der Waals surface area (Å²) in [4.78, 5) is 0. The van der Waals surface area contributed by atoms with Gasteiger partial charge in [-0.25, -0.2) is 0 Å². The number of halogens is 1. The van der Waals surface area contributed by atoms with Crippen LogP contribution in [0.25, 0.3) is 71.7 Å². The maximum atomic E-state index is 6.57. The van der Waals surface area contributed by atoms with E-state index in [1.165, 1.54) is 38.8 Å². The van der Waals surface area contributed by atoms with Gasteiger partial charge in [-0.05, 0) is 88.0 Å². The van der Waals surface area contributed by atoms with E-state index in [2.05, 4.69) is 122 Å². The first-order chi connectivity index (χ1) is 20.5. The van der Waals surface area contributed by atoms with Crippen LogP contribution in [0.4, 0.5) is 0 Å². The second kappa shape index (κ2) is 8.38. The minimum Gasteiger partial charge on any atom is -0.456 e. The van der Waals surface area contributed by atoms with Crippen LogP contribution in [-0.2, 0) is 5.41 Å². The van der Waals surface area contributed by atoms with Gasteiger partial charge in [-0.2, -0.15) is 0 Å². The van der Waals surface area contributed by atoms with Crippen LogP contribution in [0.2, 0.25) is 5.02 Å². The standard InChI is InChI=1S/C39H26ClNO/c1-39(2)33-9-5-3-7-27(33)28-15-11-24(20-34(28)39)23-12-17-35-31(19-23)32-21-25(40)13-18-36(32)41(35)26-14-16-30-29-8-4-6-10-37(29)42-38(30)22-26/h3-22H,1-2H3. The van der Waals surface area contributed by atoms with E-state index < -0.39 is 0 Å². The number of fused-ring (bicyclic) bond motifs is 9. The molecule has 0 spiro atoms. The highest BCUT2D eigenvalue weighted by Crippen LogP contribution is 2.49. The summed E-state index contributed by atoms with van der Waals surface area (Å²) in [6.07, 6.45) is 0. The molecule has 0 bridgehead atoms. The van der Waals surface area contributed by atoms with E-state index in [9.17, 15) is 0 Å². The molecule has 8 aromatic rings. The van der Waals surface area contributed by atoms with Crippen LogP contribution >= 0.6 is 11.6 Å². The van der Waals surface area contributed by atoms with Gasteiger partial charge >= 0.3 is 0 Å². The molecular weight excluding hydrogens is 534 g/mol. The van der Waals surface area contributed by atoms with Crippen molar-refractivity contribution in [1.82, 2.24) is 4.57 Å². The topological polar surface area (TPSA) is 18.1 Å². The fourth-order valence-corrected chi connectivity index (χ4v) is 7.36. The van der Waals surface area contributed by atoms with Gasteiger partial charge in [0.1, 0.15) is 11.2 Å². The van der Waals surface area contributed by atoms with Gasteiger partial charge in [-0.3, -0.25) is 0 Å². The normalized spacial score (nSPS) is 13.8. The highest BCUT2D eigenvalue weighted by molar-refractivity contribution is 6.32. The van der Waals surface area contributed by atoms with Crippen molar-refractivity contribution < 1.29 is 4.42 Å². The fraction of sp³-hybridized carbons (Fsp3) is 0.0769. The average Bonchev–Trinajstić information content (AvgIpc) is 3.62. The molecule has 0 fully saturated rings. The Morgan fingerprint density at radius 2 is 1.24 bits per heavy atom. The Morgan fingerprint density at radius 3 is 2.14 bits per heavy atom. The lowest BCUT2D eigenvalue weighted by molar-refractivity contribution is 0.660. The number of benzene rings is 6. The first-order valence-corrected chi connectivity index (χ1v) is 14.8. The SMILES string of the molecule is CC1(C)c2ccccc2-c2ccc(-c3ccc4c(c3)c3cc(Cl)ccc3n4-c3ccc4c(c3)oc3ccccc34)cc21. The van der Waals surface area contributed by atoms with Gasteiger partial charge in [0.2, 0.25) is 0 Å². The lowest BCUT2D eigenvalue weighted by Gasteiger charge is -2.22. The third-order valence-electron chi connectivity index (χ3n) is 9.26. The van der Waals surface area contributed by atoms with Crippen molar-refractivity contribution in [3.05, 3.63) is 137 Å². The first-order valence-electron chi connectivity index (χ1n) is 14.4. The van der Waals surface area contributed by atoms with Crippen LogP contribution in [-0.4, -0.2) is 4.57 Å². The third-order valence-corrected chi connectivity index (χ3v) is 9.50. The molecule has 0 aliphatic heterocycles. The van der Waals surface area contributed by atoms with Crippen LogP contribution in [0.5, 0.6) is 0 Å². The van der Waals surface area contributed by atoms with Crippen LogP contribution in [0.15, 0.2) is 126 Å². The van der Waals surface area contributed by atoms with E-state index in [0.717, 1.165) is 49.1 Å². The highest BCUT2D eigenvalue weighted by atomic mass is 35.5. The largest absolute Gasteiger partial charge is 0.456 e. The van der Waals surface area contributed by atoms with Gasteiger partial charge in [0.05, 0.1) is 11.0 Å². The Morgan fingerprint density at radius 1 is 0.548 bits per heavy atom. The van der Waals surface area contributed by atoms with Crippen molar-refractivity contribution in [3.63, 3.8) is 0 Å². The predicted molar refractivity (Wildman–Crippen MR) is 176 cm³/mol. The van der Waals surface area contributed by atoms with Gasteiger partial charge in [0, 0.05) is 43.7 Å². The summed E-state index contributed by atoms with van der Waals surface area (Å²) in [6.45, 7) is 4.66. The van der Waals surface area contributed by atoms with Crippen LogP contribution in [0.3, 0.4) is 0 Å². The Hall–Kier alpha value is -4.79. The molecular formula is C39H26ClNO.